The van der Waals surface area contributed by atoms with Crippen molar-refractivity contribution >= 4 is 5.95 Å². The van der Waals surface area contributed by atoms with Crippen molar-refractivity contribution in [2.75, 3.05) is 11.9 Å². The second kappa shape index (κ2) is 7.21. The van der Waals surface area contributed by atoms with Crippen LogP contribution in [-0.2, 0) is 25.6 Å². The van der Waals surface area contributed by atoms with Crippen LogP contribution >= 0.6 is 0 Å². The number of hydrogen-bond donors (Lipinski definition) is 0. The van der Waals surface area contributed by atoms with Crippen LogP contribution < -0.4 is 4.90 Å². The minimum absolute atomic E-state index is 0.0313. The summed E-state index contributed by atoms with van der Waals surface area (Å²) in [4.78, 5) is 14.0. The number of fused-ring (bicyclic) bond motifs is 1. The van der Waals surface area contributed by atoms with Crippen LogP contribution in [0.4, 0.5) is 19.1 Å². The lowest BCUT2D eigenvalue weighted by Crippen LogP contribution is -2.25. The van der Waals surface area contributed by atoms with Crippen molar-refractivity contribution in [1.82, 2.24) is 20.1 Å². The van der Waals surface area contributed by atoms with Gasteiger partial charge in [0.2, 0.25) is 5.95 Å². The normalized spacial score (nSPS) is 14.0. The number of alkyl halides is 3. The molecule has 0 aromatic carbocycles. The van der Waals surface area contributed by atoms with E-state index in [-0.39, 0.29) is 18.1 Å². The van der Waals surface area contributed by atoms with Crippen molar-refractivity contribution in [3.05, 3.63) is 53.2 Å². The molecule has 4 rings (SSSR count). The third-order valence-electron chi connectivity index (χ3n) is 4.66. The molecule has 0 saturated heterocycles. The van der Waals surface area contributed by atoms with Crippen molar-refractivity contribution in [3.8, 4) is 11.4 Å². The number of aromatic nitrogens is 4. The van der Waals surface area contributed by atoms with E-state index in [0.717, 1.165) is 12.8 Å². The summed E-state index contributed by atoms with van der Waals surface area (Å²) in [5, 5.41) is 3.98. The van der Waals surface area contributed by atoms with Gasteiger partial charge in [-0.15, -0.1) is 0 Å². The maximum atomic E-state index is 13.5. The quantitative estimate of drug-likeness (QED) is 0.670. The Morgan fingerprint density at radius 3 is 2.68 bits per heavy atom. The Morgan fingerprint density at radius 1 is 1.11 bits per heavy atom. The van der Waals surface area contributed by atoms with E-state index >= 15 is 0 Å². The molecular weight excluding hydrogens is 371 g/mol. The summed E-state index contributed by atoms with van der Waals surface area (Å²) in [6, 6.07) is 7.14. The number of halogens is 3. The van der Waals surface area contributed by atoms with Crippen molar-refractivity contribution in [3.63, 3.8) is 0 Å². The molecule has 3 heterocycles. The summed E-state index contributed by atoms with van der Waals surface area (Å²) in [6.07, 6.45) is -0.394. The predicted octanol–water partition coefficient (Wildman–Crippen LogP) is 4.06. The molecule has 28 heavy (non-hydrogen) atoms. The summed E-state index contributed by atoms with van der Waals surface area (Å²) < 4.78 is 45.8. The topological polar surface area (TPSA) is 67.9 Å². The van der Waals surface area contributed by atoms with Gasteiger partial charge in [0, 0.05) is 30.6 Å². The molecule has 6 nitrogen and oxygen atoms in total. The van der Waals surface area contributed by atoms with E-state index in [4.69, 9.17) is 4.52 Å². The second-order valence-electron chi connectivity index (χ2n) is 6.75. The van der Waals surface area contributed by atoms with E-state index in [9.17, 15) is 13.2 Å². The van der Waals surface area contributed by atoms with Gasteiger partial charge in [0.1, 0.15) is 5.69 Å². The zero-order valence-electron chi connectivity index (χ0n) is 15.2. The van der Waals surface area contributed by atoms with Crippen molar-refractivity contribution in [1.29, 1.82) is 0 Å². The SMILES string of the molecule is CN(Cc1cc(-c2ccccn2)no1)c1nc2c(c(C(F)(F)F)n1)CCCC2. The minimum atomic E-state index is -4.50. The lowest BCUT2D eigenvalue weighted by molar-refractivity contribution is -0.142. The van der Waals surface area contributed by atoms with E-state index in [2.05, 4.69) is 20.1 Å². The Balaban J connectivity index is 1.60. The summed E-state index contributed by atoms with van der Waals surface area (Å²) >= 11 is 0. The van der Waals surface area contributed by atoms with E-state index < -0.39 is 11.9 Å². The Bertz CT molecular complexity index is 971. The minimum Gasteiger partial charge on any atom is -0.359 e. The van der Waals surface area contributed by atoms with Crippen LogP contribution in [0.2, 0.25) is 0 Å². The molecule has 0 amide bonds. The summed E-state index contributed by atoms with van der Waals surface area (Å²) in [5.74, 6) is 0.516. The van der Waals surface area contributed by atoms with Crippen LogP contribution in [0.25, 0.3) is 11.4 Å². The molecule has 0 saturated carbocycles. The second-order valence-corrected chi connectivity index (χ2v) is 6.75. The molecule has 1 aliphatic carbocycles. The number of pyridine rings is 1. The molecule has 0 fully saturated rings. The van der Waals surface area contributed by atoms with Crippen LogP contribution in [0.15, 0.2) is 35.0 Å². The molecule has 9 heteroatoms. The molecule has 0 bridgehead atoms. The van der Waals surface area contributed by atoms with E-state index in [1.807, 2.05) is 6.07 Å². The lowest BCUT2D eigenvalue weighted by atomic mass is 9.94. The number of rotatable bonds is 4. The highest BCUT2D eigenvalue weighted by Crippen LogP contribution is 2.35. The third kappa shape index (κ3) is 3.69. The number of aryl methyl sites for hydroxylation is 1. The van der Waals surface area contributed by atoms with Gasteiger partial charge >= 0.3 is 6.18 Å². The predicted molar refractivity (Wildman–Crippen MR) is 95.5 cm³/mol. The van der Waals surface area contributed by atoms with Gasteiger partial charge in [-0.1, -0.05) is 11.2 Å². The fourth-order valence-electron chi connectivity index (χ4n) is 3.31. The Labute approximate surface area is 159 Å². The molecule has 0 aliphatic heterocycles. The van der Waals surface area contributed by atoms with Gasteiger partial charge in [-0.2, -0.15) is 13.2 Å². The Morgan fingerprint density at radius 2 is 1.93 bits per heavy atom. The van der Waals surface area contributed by atoms with Gasteiger partial charge in [-0.3, -0.25) is 4.98 Å². The molecule has 3 aromatic rings. The molecular formula is C19H18F3N5O. The third-order valence-corrected chi connectivity index (χ3v) is 4.66. The van der Waals surface area contributed by atoms with Crippen molar-refractivity contribution < 1.29 is 17.7 Å². The van der Waals surface area contributed by atoms with Crippen LogP contribution in [0.5, 0.6) is 0 Å². The first-order chi connectivity index (χ1) is 13.4. The van der Waals surface area contributed by atoms with Gasteiger partial charge in [0.15, 0.2) is 11.5 Å². The molecule has 0 radical (unpaired) electrons. The molecule has 0 atom stereocenters. The smallest absolute Gasteiger partial charge is 0.359 e. The largest absolute Gasteiger partial charge is 0.433 e. The average Bonchev–Trinajstić information content (AvgIpc) is 3.15. The zero-order chi connectivity index (χ0) is 19.7. The van der Waals surface area contributed by atoms with Gasteiger partial charge in [0.05, 0.1) is 12.2 Å². The Hall–Kier alpha value is -2.97. The maximum Gasteiger partial charge on any atom is 0.433 e. The van der Waals surface area contributed by atoms with Gasteiger partial charge in [0.25, 0.3) is 0 Å². The molecule has 146 valence electrons. The molecule has 1 aliphatic rings. The highest BCUT2D eigenvalue weighted by molar-refractivity contribution is 5.53. The zero-order valence-corrected chi connectivity index (χ0v) is 15.2. The fraction of sp³-hybridized carbons (Fsp3) is 0.368. The fourth-order valence-corrected chi connectivity index (χ4v) is 3.31. The average molecular weight is 389 g/mol. The standard InChI is InChI=1S/C19H18F3N5O/c1-27(11-12-10-16(26-28-12)15-8-4-5-9-23-15)18-24-14-7-3-2-6-13(14)17(25-18)19(20,21)22/h4-5,8-10H,2-3,6-7,11H2,1H3. The van der Waals surface area contributed by atoms with Crippen molar-refractivity contribution in [2.45, 2.75) is 38.4 Å². The maximum absolute atomic E-state index is 13.5. The monoisotopic (exact) mass is 389 g/mol. The van der Waals surface area contributed by atoms with Crippen LogP contribution in [0, 0.1) is 0 Å². The Kier molecular flexibility index (Phi) is 4.74. The molecule has 0 unspecified atom stereocenters. The van der Waals surface area contributed by atoms with Crippen LogP contribution in [0.3, 0.4) is 0 Å². The van der Waals surface area contributed by atoms with E-state index in [1.165, 1.54) is 4.90 Å². The molecule has 0 N–H and O–H groups in total. The summed E-state index contributed by atoms with van der Waals surface area (Å²) in [7, 11) is 1.63. The molecule has 0 spiro atoms. The van der Waals surface area contributed by atoms with Gasteiger partial charge in [-0.05, 0) is 37.8 Å². The van der Waals surface area contributed by atoms with Crippen molar-refractivity contribution in [2.24, 2.45) is 0 Å². The number of hydrogen-bond acceptors (Lipinski definition) is 6. The number of anilines is 1. The summed E-state index contributed by atoms with van der Waals surface area (Å²) in [5.41, 5.74) is 1.11. The number of nitrogens with zero attached hydrogens (tertiary/aromatic N) is 5. The highest BCUT2D eigenvalue weighted by Gasteiger charge is 2.38. The first-order valence-corrected chi connectivity index (χ1v) is 8.97. The first kappa shape index (κ1) is 18.4. The van der Waals surface area contributed by atoms with E-state index in [1.54, 1.807) is 31.4 Å². The van der Waals surface area contributed by atoms with Gasteiger partial charge in [-0.25, -0.2) is 9.97 Å². The van der Waals surface area contributed by atoms with Gasteiger partial charge < -0.3 is 9.42 Å². The summed E-state index contributed by atoms with van der Waals surface area (Å²) in [6.45, 7) is 0.190. The van der Waals surface area contributed by atoms with E-state index in [0.29, 0.717) is 35.7 Å². The highest BCUT2D eigenvalue weighted by atomic mass is 19.4. The molecule has 3 aromatic heterocycles. The lowest BCUT2D eigenvalue weighted by Gasteiger charge is -2.23. The van der Waals surface area contributed by atoms with Crippen LogP contribution in [0.1, 0.15) is 35.6 Å². The first-order valence-electron chi connectivity index (χ1n) is 8.97. The van der Waals surface area contributed by atoms with Crippen LogP contribution in [-0.4, -0.2) is 27.2 Å².